The first kappa shape index (κ1) is 19.9. The molecule has 2 atom stereocenters. The van der Waals surface area contributed by atoms with Crippen LogP contribution >= 0.6 is 0 Å². The fourth-order valence-corrected chi connectivity index (χ4v) is 2.17. The van der Waals surface area contributed by atoms with Crippen molar-refractivity contribution in [3.63, 3.8) is 0 Å². The van der Waals surface area contributed by atoms with Crippen LogP contribution in [0.2, 0.25) is 0 Å². The minimum Gasteiger partial charge on any atom is -0.459 e. The second-order valence-electron chi connectivity index (χ2n) is 5.68. The number of carbonyl (C=O) groups is 1. The predicted octanol–water partition coefficient (Wildman–Crippen LogP) is 0.677. The van der Waals surface area contributed by atoms with Crippen LogP contribution < -0.4 is 5.32 Å². The number of carbonyl (C=O) groups excluding carboxylic acids is 1. The summed E-state index contributed by atoms with van der Waals surface area (Å²) in [5.41, 5.74) is 0. The van der Waals surface area contributed by atoms with Gasteiger partial charge in [0.2, 0.25) is 6.29 Å². The maximum atomic E-state index is 12.1. The molecule has 0 aromatic heterocycles. The normalized spacial score (nSPS) is 21.0. The largest absolute Gasteiger partial charge is 0.459 e. The van der Waals surface area contributed by atoms with E-state index < -0.39 is 6.29 Å². The van der Waals surface area contributed by atoms with Crippen molar-refractivity contribution in [2.45, 2.75) is 26.6 Å². The van der Waals surface area contributed by atoms with Crippen LogP contribution in [0.15, 0.2) is 11.8 Å². The molecule has 0 saturated heterocycles. The third-order valence-electron chi connectivity index (χ3n) is 3.53. The molecule has 2 unspecified atom stereocenters. The Labute approximate surface area is 137 Å². The van der Waals surface area contributed by atoms with Gasteiger partial charge in [-0.05, 0) is 17.9 Å². The third-order valence-corrected chi connectivity index (χ3v) is 3.53. The molecule has 23 heavy (non-hydrogen) atoms. The zero-order valence-electron chi connectivity index (χ0n) is 14.2. The standard InChI is InChI=1S/C16H29NO6/c1-12(2)13-10-14(16(19)17-4-6-20-3)23-15(11-13)22-9-8-21-7-5-18/h10,12-13,15,18H,4-9,11H2,1-3H3,(H,17,19). The predicted molar refractivity (Wildman–Crippen MR) is 84.6 cm³/mol. The average Bonchev–Trinajstić information content (AvgIpc) is 2.54. The summed E-state index contributed by atoms with van der Waals surface area (Å²) in [6.07, 6.45) is 2.11. The number of rotatable bonds is 11. The van der Waals surface area contributed by atoms with Gasteiger partial charge in [-0.15, -0.1) is 0 Å². The van der Waals surface area contributed by atoms with E-state index in [2.05, 4.69) is 19.2 Å². The van der Waals surface area contributed by atoms with Gasteiger partial charge in [0.05, 0.1) is 33.0 Å². The molecular weight excluding hydrogens is 302 g/mol. The summed E-state index contributed by atoms with van der Waals surface area (Å²) in [5.74, 6) is 0.651. The van der Waals surface area contributed by atoms with E-state index in [0.29, 0.717) is 44.5 Å². The van der Waals surface area contributed by atoms with E-state index in [1.165, 1.54) is 0 Å². The van der Waals surface area contributed by atoms with Gasteiger partial charge in [-0.2, -0.15) is 0 Å². The number of aliphatic hydroxyl groups is 1. The van der Waals surface area contributed by atoms with Crippen LogP contribution in [0.1, 0.15) is 20.3 Å². The Morgan fingerprint density at radius 1 is 1.39 bits per heavy atom. The van der Waals surface area contributed by atoms with E-state index in [0.717, 1.165) is 0 Å². The van der Waals surface area contributed by atoms with Gasteiger partial charge in [0, 0.05) is 20.1 Å². The summed E-state index contributed by atoms with van der Waals surface area (Å²) >= 11 is 0. The zero-order chi connectivity index (χ0) is 17.1. The highest BCUT2D eigenvalue weighted by molar-refractivity contribution is 5.91. The fourth-order valence-electron chi connectivity index (χ4n) is 2.17. The lowest BCUT2D eigenvalue weighted by molar-refractivity contribution is -0.155. The molecule has 0 aliphatic carbocycles. The maximum Gasteiger partial charge on any atom is 0.286 e. The minimum absolute atomic E-state index is 0.0100. The number of allylic oxidation sites excluding steroid dienone is 1. The summed E-state index contributed by atoms with van der Waals surface area (Å²) in [5, 5.41) is 11.4. The lowest BCUT2D eigenvalue weighted by atomic mass is 9.90. The highest BCUT2D eigenvalue weighted by Gasteiger charge is 2.29. The van der Waals surface area contributed by atoms with Gasteiger partial charge in [0.15, 0.2) is 5.76 Å². The summed E-state index contributed by atoms with van der Waals surface area (Å²) in [6.45, 7) is 6.11. The quantitative estimate of drug-likeness (QED) is 0.542. The zero-order valence-corrected chi connectivity index (χ0v) is 14.2. The van der Waals surface area contributed by atoms with Crippen LogP contribution in [0.5, 0.6) is 0 Å². The van der Waals surface area contributed by atoms with E-state index in [1.807, 2.05) is 6.08 Å². The Hall–Kier alpha value is -1.15. The molecule has 0 bridgehead atoms. The van der Waals surface area contributed by atoms with Crippen molar-refractivity contribution < 1.29 is 28.8 Å². The molecule has 0 fully saturated rings. The van der Waals surface area contributed by atoms with Crippen molar-refractivity contribution in [2.75, 3.05) is 46.7 Å². The number of hydrogen-bond acceptors (Lipinski definition) is 6. The topological polar surface area (TPSA) is 86.3 Å². The highest BCUT2D eigenvalue weighted by atomic mass is 16.7. The van der Waals surface area contributed by atoms with Crippen LogP contribution in [0.4, 0.5) is 0 Å². The number of nitrogens with one attached hydrogen (secondary N) is 1. The summed E-state index contributed by atoms with van der Waals surface area (Å²) in [6, 6.07) is 0. The Morgan fingerprint density at radius 2 is 2.17 bits per heavy atom. The second kappa shape index (κ2) is 11.4. The number of hydrogen-bond donors (Lipinski definition) is 2. The smallest absolute Gasteiger partial charge is 0.286 e. The van der Waals surface area contributed by atoms with E-state index >= 15 is 0 Å². The van der Waals surface area contributed by atoms with E-state index in [-0.39, 0.29) is 25.0 Å². The van der Waals surface area contributed by atoms with Crippen LogP contribution in [0.25, 0.3) is 0 Å². The van der Waals surface area contributed by atoms with Gasteiger partial charge >= 0.3 is 0 Å². The molecule has 7 heteroatoms. The molecule has 0 spiro atoms. The van der Waals surface area contributed by atoms with Gasteiger partial charge < -0.3 is 29.4 Å². The van der Waals surface area contributed by atoms with E-state index in [4.69, 9.17) is 24.1 Å². The van der Waals surface area contributed by atoms with Gasteiger partial charge in [-0.1, -0.05) is 13.8 Å². The van der Waals surface area contributed by atoms with Gasteiger partial charge in [0.25, 0.3) is 5.91 Å². The van der Waals surface area contributed by atoms with Crippen molar-refractivity contribution in [1.82, 2.24) is 5.32 Å². The van der Waals surface area contributed by atoms with E-state index in [9.17, 15) is 4.79 Å². The first-order valence-electron chi connectivity index (χ1n) is 8.04. The summed E-state index contributed by atoms with van der Waals surface area (Å²) < 4.78 is 21.4. The fraction of sp³-hybridized carbons (Fsp3) is 0.812. The first-order chi connectivity index (χ1) is 11.1. The molecule has 1 rings (SSSR count). The molecule has 1 aliphatic rings. The van der Waals surface area contributed by atoms with Crippen molar-refractivity contribution in [3.05, 3.63) is 11.8 Å². The monoisotopic (exact) mass is 331 g/mol. The average molecular weight is 331 g/mol. The minimum atomic E-state index is -0.465. The Kier molecular flexibility index (Phi) is 9.86. The molecule has 0 aromatic carbocycles. The molecule has 1 amide bonds. The highest BCUT2D eigenvalue weighted by Crippen LogP contribution is 2.28. The van der Waals surface area contributed by atoms with Gasteiger partial charge in [-0.3, -0.25) is 4.79 Å². The molecule has 0 radical (unpaired) electrons. The Morgan fingerprint density at radius 3 is 2.83 bits per heavy atom. The van der Waals surface area contributed by atoms with Gasteiger partial charge in [-0.25, -0.2) is 0 Å². The van der Waals surface area contributed by atoms with Crippen LogP contribution in [0.3, 0.4) is 0 Å². The van der Waals surface area contributed by atoms with E-state index in [1.54, 1.807) is 7.11 Å². The number of methoxy groups -OCH3 is 1. The lowest BCUT2D eigenvalue weighted by Gasteiger charge is -2.30. The molecule has 0 saturated carbocycles. The molecule has 0 aromatic rings. The molecule has 2 N–H and O–H groups in total. The number of amides is 1. The molecule has 7 nitrogen and oxygen atoms in total. The lowest BCUT2D eigenvalue weighted by Crippen LogP contribution is -2.35. The van der Waals surface area contributed by atoms with Crippen LogP contribution in [0, 0.1) is 11.8 Å². The Bertz CT molecular complexity index is 372. The maximum absolute atomic E-state index is 12.1. The summed E-state index contributed by atoms with van der Waals surface area (Å²) in [7, 11) is 1.58. The summed E-state index contributed by atoms with van der Waals surface area (Å²) in [4.78, 5) is 12.1. The van der Waals surface area contributed by atoms with Crippen LogP contribution in [-0.2, 0) is 23.7 Å². The second-order valence-corrected chi connectivity index (χ2v) is 5.68. The third kappa shape index (κ3) is 7.78. The van der Waals surface area contributed by atoms with Crippen molar-refractivity contribution in [2.24, 2.45) is 11.8 Å². The SMILES string of the molecule is COCCNC(=O)C1=CC(C(C)C)CC(OCCOCCO)O1. The first-order valence-corrected chi connectivity index (χ1v) is 8.04. The number of ether oxygens (including phenoxy) is 4. The molecule has 1 heterocycles. The van der Waals surface area contributed by atoms with Gasteiger partial charge in [0.1, 0.15) is 0 Å². The molecular formula is C16H29NO6. The van der Waals surface area contributed by atoms with Crippen LogP contribution in [-0.4, -0.2) is 64.0 Å². The van der Waals surface area contributed by atoms with Crippen molar-refractivity contribution in [1.29, 1.82) is 0 Å². The molecule has 134 valence electrons. The molecule has 1 aliphatic heterocycles. The Balaban J connectivity index is 2.50. The number of aliphatic hydroxyl groups excluding tert-OH is 1. The van der Waals surface area contributed by atoms with Crippen molar-refractivity contribution >= 4 is 5.91 Å². The van der Waals surface area contributed by atoms with Crippen molar-refractivity contribution in [3.8, 4) is 0 Å².